The SMILES string of the molecule is CCOC1OC(CO)[C@@H](O)C(O)[C@@H]1O[C@@H]1OC(COC(C)=O)[C@@H](O)C(O)[C@@H]1O.CCOC1OC(COC(C)=O)[C@@H](O)C(O)[C@@H]1O[C@@H]1OC(CO)[C@@H](O)C(O)[C@@H]1O. The van der Waals surface area contributed by atoms with Crippen LogP contribution in [0.15, 0.2) is 0 Å². The Morgan fingerprint density at radius 3 is 1.11 bits per heavy atom. The maximum Gasteiger partial charge on any atom is 0.302 e. The van der Waals surface area contributed by atoms with E-state index in [9.17, 15) is 70.9 Å². The number of aliphatic hydroxyl groups is 12. The van der Waals surface area contributed by atoms with Crippen molar-refractivity contribution in [2.24, 2.45) is 0 Å². The van der Waals surface area contributed by atoms with E-state index < -0.39 is 155 Å². The van der Waals surface area contributed by atoms with Crippen molar-refractivity contribution in [3.05, 3.63) is 0 Å². The van der Waals surface area contributed by atoms with E-state index in [-0.39, 0.29) is 19.8 Å². The molecule has 0 aromatic carbocycles. The second kappa shape index (κ2) is 22.5. The van der Waals surface area contributed by atoms with Crippen LogP contribution in [0.5, 0.6) is 0 Å². The minimum absolute atomic E-state index is 0.141. The highest BCUT2D eigenvalue weighted by molar-refractivity contribution is 5.66. The standard InChI is InChI=1S/2C16H28O12/c1-3-24-16-14(12(22)9(19)7(4-17)26-16)28-15-13(23)11(21)10(20)8(27-15)5-25-6(2)18;1-3-24-16-14(12(22)10(20)8(27-16)5-25-6(2)18)28-15-13(23)11(21)9(19)7(4-17)26-15/h2*7-17,19-23H,3-5H2,1-2H3/t2*7?,8?,9-,10-,11?,12?,13+,14+,15+,16?/m11/s1. The normalized spacial score (nSPS) is 44.3. The first-order valence-corrected chi connectivity index (χ1v) is 17.9. The summed E-state index contributed by atoms with van der Waals surface area (Å²) in [5.74, 6) is -1.24. The summed E-state index contributed by atoms with van der Waals surface area (Å²) in [4.78, 5) is 21.9. The summed E-state index contributed by atoms with van der Waals surface area (Å²) in [6.45, 7) is 3.94. The van der Waals surface area contributed by atoms with Crippen LogP contribution in [-0.2, 0) is 57.0 Å². The van der Waals surface area contributed by atoms with Crippen molar-refractivity contribution in [2.75, 3.05) is 39.6 Å². The molecule has 4 aliphatic heterocycles. The number of aliphatic hydroxyl groups excluding tert-OH is 12. The molecule has 24 nitrogen and oxygen atoms in total. The van der Waals surface area contributed by atoms with Crippen molar-refractivity contribution < 1.29 is 118 Å². The zero-order valence-corrected chi connectivity index (χ0v) is 31.1. The van der Waals surface area contributed by atoms with Crippen LogP contribution in [-0.4, -0.2) is 236 Å². The van der Waals surface area contributed by atoms with Crippen LogP contribution in [0.3, 0.4) is 0 Å². The molecule has 24 heteroatoms. The second-order valence-corrected chi connectivity index (χ2v) is 13.2. The van der Waals surface area contributed by atoms with Gasteiger partial charge in [-0.3, -0.25) is 9.59 Å². The zero-order valence-electron chi connectivity index (χ0n) is 31.1. The highest BCUT2D eigenvalue weighted by atomic mass is 16.8. The lowest BCUT2D eigenvalue weighted by molar-refractivity contribution is -0.367. The van der Waals surface area contributed by atoms with Crippen LogP contribution in [0.2, 0.25) is 0 Å². The summed E-state index contributed by atoms with van der Waals surface area (Å²) < 4.78 is 52.8. The number of hydrogen-bond acceptors (Lipinski definition) is 24. The Labute approximate surface area is 320 Å². The lowest BCUT2D eigenvalue weighted by atomic mass is 9.97. The molecular weight excluding hydrogens is 768 g/mol. The van der Waals surface area contributed by atoms with Gasteiger partial charge in [0, 0.05) is 27.1 Å². The summed E-state index contributed by atoms with van der Waals surface area (Å²) in [6, 6.07) is 0. The molecule has 328 valence electrons. The molecule has 0 saturated carbocycles. The molecule has 4 rings (SSSR count). The molecule has 0 aliphatic carbocycles. The van der Waals surface area contributed by atoms with Crippen molar-refractivity contribution in [3.63, 3.8) is 0 Å². The summed E-state index contributed by atoms with van der Waals surface area (Å²) in [6.07, 6.45) is -29.0. The quantitative estimate of drug-likeness (QED) is 0.0724. The molecule has 0 aromatic heterocycles. The van der Waals surface area contributed by atoms with Crippen molar-refractivity contribution in [2.45, 2.75) is 151 Å². The van der Waals surface area contributed by atoms with E-state index in [0.29, 0.717) is 0 Å². The molecule has 12 N–H and O–H groups in total. The first kappa shape index (κ1) is 48.5. The van der Waals surface area contributed by atoms with Gasteiger partial charge in [0.25, 0.3) is 0 Å². The highest BCUT2D eigenvalue weighted by Gasteiger charge is 2.53. The predicted octanol–water partition coefficient (Wildman–Crippen LogP) is -7.56. The average Bonchev–Trinajstić information content (AvgIpc) is 3.16. The second-order valence-electron chi connectivity index (χ2n) is 13.2. The third-order valence-electron chi connectivity index (χ3n) is 9.13. The Bertz CT molecular complexity index is 1180. The van der Waals surface area contributed by atoms with Gasteiger partial charge in [-0.1, -0.05) is 0 Å². The fraction of sp³-hybridized carbons (Fsp3) is 0.938. The van der Waals surface area contributed by atoms with Crippen molar-refractivity contribution in [1.82, 2.24) is 0 Å². The molecule has 0 radical (unpaired) electrons. The Morgan fingerprint density at radius 2 is 0.750 bits per heavy atom. The zero-order chi connectivity index (χ0) is 42.0. The summed E-state index contributed by atoms with van der Waals surface area (Å²) >= 11 is 0. The lowest BCUT2D eigenvalue weighted by Crippen LogP contribution is -2.64. The van der Waals surface area contributed by atoms with Gasteiger partial charge < -0.3 is 109 Å². The van der Waals surface area contributed by atoms with Crippen molar-refractivity contribution in [3.8, 4) is 0 Å². The Hall–Kier alpha value is -1.86. The number of esters is 2. The molecule has 4 aliphatic rings. The smallest absolute Gasteiger partial charge is 0.302 e. The van der Waals surface area contributed by atoms with E-state index in [1.807, 2.05) is 0 Å². The summed E-state index contributed by atoms with van der Waals surface area (Å²) in [5, 5.41) is 120. The summed E-state index contributed by atoms with van der Waals surface area (Å²) in [7, 11) is 0. The van der Waals surface area contributed by atoms with Crippen LogP contribution >= 0.6 is 0 Å². The maximum absolute atomic E-state index is 11.0. The van der Waals surface area contributed by atoms with Crippen LogP contribution in [0.25, 0.3) is 0 Å². The van der Waals surface area contributed by atoms with Crippen LogP contribution in [0, 0.1) is 0 Å². The minimum atomic E-state index is -1.72. The van der Waals surface area contributed by atoms with Gasteiger partial charge in [0.05, 0.1) is 13.2 Å². The van der Waals surface area contributed by atoms with Crippen molar-refractivity contribution in [1.29, 1.82) is 0 Å². The van der Waals surface area contributed by atoms with Crippen LogP contribution < -0.4 is 0 Å². The van der Waals surface area contributed by atoms with E-state index in [1.54, 1.807) is 13.8 Å². The number of hydrogen-bond donors (Lipinski definition) is 12. The molecule has 0 bridgehead atoms. The van der Waals surface area contributed by atoms with Gasteiger partial charge >= 0.3 is 11.9 Å². The van der Waals surface area contributed by atoms with E-state index in [0.717, 1.165) is 6.92 Å². The molecule has 56 heavy (non-hydrogen) atoms. The summed E-state index contributed by atoms with van der Waals surface area (Å²) in [5.41, 5.74) is 0. The number of carbonyl (C=O) groups is 2. The molecular formula is C32H56O24. The molecule has 0 amide bonds. The van der Waals surface area contributed by atoms with Gasteiger partial charge in [0.1, 0.15) is 111 Å². The Kier molecular flexibility index (Phi) is 19.5. The fourth-order valence-electron chi connectivity index (χ4n) is 6.04. The molecule has 0 spiro atoms. The van der Waals surface area contributed by atoms with E-state index in [1.165, 1.54) is 6.92 Å². The van der Waals surface area contributed by atoms with Crippen molar-refractivity contribution >= 4 is 11.9 Å². The van der Waals surface area contributed by atoms with E-state index in [2.05, 4.69) is 0 Å². The number of rotatable bonds is 14. The molecule has 20 atom stereocenters. The fourth-order valence-corrected chi connectivity index (χ4v) is 6.04. The van der Waals surface area contributed by atoms with Gasteiger partial charge in [0.2, 0.25) is 0 Å². The first-order chi connectivity index (χ1) is 26.4. The topological polar surface area (TPSA) is 369 Å². The Balaban J connectivity index is 0.000000300. The van der Waals surface area contributed by atoms with Gasteiger partial charge in [0.15, 0.2) is 25.2 Å². The predicted molar refractivity (Wildman–Crippen MR) is 175 cm³/mol. The van der Waals surface area contributed by atoms with Gasteiger partial charge in [-0.25, -0.2) is 0 Å². The lowest BCUT2D eigenvalue weighted by Gasteiger charge is -2.46. The third-order valence-corrected chi connectivity index (χ3v) is 9.13. The third kappa shape index (κ3) is 12.1. The molecule has 4 saturated heterocycles. The van der Waals surface area contributed by atoms with Crippen LogP contribution in [0.4, 0.5) is 0 Å². The molecule has 10 unspecified atom stereocenters. The average molecular weight is 825 g/mol. The number of ether oxygens (including phenoxy) is 10. The van der Waals surface area contributed by atoms with Gasteiger partial charge in [-0.15, -0.1) is 0 Å². The molecule has 4 fully saturated rings. The Morgan fingerprint density at radius 1 is 0.446 bits per heavy atom. The molecule has 4 heterocycles. The minimum Gasteiger partial charge on any atom is -0.463 e. The van der Waals surface area contributed by atoms with Gasteiger partial charge in [-0.05, 0) is 13.8 Å². The van der Waals surface area contributed by atoms with Gasteiger partial charge in [-0.2, -0.15) is 0 Å². The monoisotopic (exact) mass is 824 g/mol. The molecule has 0 aromatic rings. The number of carbonyl (C=O) groups excluding carboxylic acids is 2. The first-order valence-electron chi connectivity index (χ1n) is 17.9. The van der Waals surface area contributed by atoms with Crippen LogP contribution in [0.1, 0.15) is 27.7 Å². The van der Waals surface area contributed by atoms with E-state index in [4.69, 9.17) is 47.4 Å². The maximum atomic E-state index is 11.0. The van der Waals surface area contributed by atoms with E-state index >= 15 is 0 Å². The highest BCUT2D eigenvalue weighted by Crippen LogP contribution is 2.31. The largest absolute Gasteiger partial charge is 0.463 e.